The predicted octanol–water partition coefficient (Wildman–Crippen LogP) is 0.478. The molecule has 0 heterocycles. The van der Waals surface area contributed by atoms with Gasteiger partial charge < -0.3 is 21.1 Å². The van der Waals surface area contributed by atoms with Crippen LogP contribution in [0.3, 0.4) is 0 Å². The van der Waals surface area contributed by atoms with Gasteiger partial charge in [0.15, 0.2) is 0 Å². The number of aromatic hydroxyl groups is 2. The number of hydrogen-bond acceptors (Lipinski definition) is 4. The average Bonchev–Trinajstić information content (AvgIpc) is 2.03. The molecule has 0 aromatic heterocycles. The highest BCUT2D eigenvalue weighted by atomic mass is 16.3. The summed E-state index contributed by atoms with van der Waals surface area (Å²) in [6.07, 6.45) is -0.740. The molecule has 0 saturated carbocycles. The van der Waals surface area contributed by atoms with Crippen LogP contribution in [-0.2, 0) is 0 Å². The summed E-state index contributed by atoms with van der Waals surface area (Å²) >= 11 is 0. The van der Waals surface area contributed by atoms with E-state index in [1.807, 2.05) is 0 Å². The number of hydrogen-bond donors (Lipinski definition) is 4. The number of aliphatic hydroxyl groups excluding tert-OH is 1. The van der Waals surface area contributed by atoms with E-state index in [0.717, 1.165) is 0 Å². The molecule has 13 heavy (non-hydrogen) atoms. The van der Waals surface area contributed by atoms with Crippen molar-refractivity contribution in [1.82, 2.24) is 0 Å². The van der Waals surface area contributed by atoms with Gasteiger partial charge in [0.1, 0.15) is 11.5 Å². The molecule has 4 nitrogen and oxygen atoms in total. The molecule has 1 aromatic rings. The molecular formula is C9H13NO3. The molecule has 1 rings (SSSR count). The molecule has 0 amide bonds. The van der Waals surface area contributed by atoms with Crippen molar-refractivity contribution in [3.8, 4) is 11.5 Å². The molecular weight excluding hydrogens is 170 g/mol. The third-order valence-electron chi connectivity index (χ3n) is 1.89. The van der Waals surface area contributed by atoms with Gasteiger partial charge in [-0.2, -0.15) is 0 Å². The molecule has 4 heteroatoms. The summed E-state index contributed by atoms with van der Waals surface area (Å²) in [7, 11) is 0. The van der Waals surface area contributed by atoms with Crippen molar-refractivity contribution in [3.05, 3.63) is 23.8 Å². The minimum atomic E-state index is -0.740. The van der Waals surface area contributed by atoms with Gasteiger partial charge in [-0.3, -0.25) is 0 Å². The van der Waals surface area contributed by atoms with Gasteiger partial charge in [-0.05, 0) is 19.1 Å². The van der Waals surface area contributed by atoms with Crippen LogP contribution in [-0.4, -0.2) is 21.4 Å². The Morgan fingerprint density at radius 2 is 1.92 bits per heavy atom. The van der Waals surface area contributed by atoms with Crippen LogP contribution in [0.15, 0.2) is 18.2 Å². The van der Waals surface area contributed by atoms with E-state index in [4.69, 9.17) is 15.9 Å². The molecule has 2 atom stereocenters. The van der Waals surface area contributed by atoms with Crippen LogP contribution in [0.4, 0.5) is 0 Å². The van der Waals surface area contributed by atoms with E-state index in [1.165, 1.54) is 25.1 Å². The monoisotopic (exact) mass is 183 g/mol. The molecule has 0 bridgehead atoms. The van der Waals surface area contributed by atoms with E-state index >= 15 is 0 Å². The fraction of sp³-hybridized carbons (Fsp3) is 0.333. The summed E-state index contributed by atoms with van der Waals surface area (Å²) in [6.45, 7) is 1.54. The van der Waals surface area contributed by atoms with Crippen molar-refractivity contribution in [2.75, 3.05) is 0 Å². The van der Waals surface area contributed by atoms with E-state index in [0.29, 0.717) is 5.56 Å². The van der Waals surface area contributed by atoms with Crippen LogP contribution in [0.2, 0.25) is 0 Å². The summed E-state index contributed by atoms with van der Waals surface area (Å²) in [4.78, 5) is 0. The van der Waals surface area contributed by atoms with Crippen molar-refractivity contribution in [2.45, 2.75) is 19.1 Å². The van der Waals surface area contributed by atoms with E-state index in [1.54, 1.807) is 0 Å². The number of aliphatic hydroxyl groups is 1. The molecule has 0 spiro atoms. The van der Waals surface area contributed by atoms with E-state index in [9.17, 15) is 5.11 Å². The highest BCUT2D eigenvalue weighted by molar-refractivity contribution is 5.40. The van der Waals surface area contributed by atoms with E-state index < -0.39 is 12.1 Å². The number of phenols is 2. The maximum Gasteiger partial charge on any atom is 0.124 e. The van der Waals surface area contributed by atoms with Gasteiger partial charge in [0.25, 0.3) is 0 Å². The van der Waals surface area contributed by atoms with Crippen molar-refractivity contribution in [3.63, 3.8) is 0 Å². The lowest BCUT2D eigenvalue weighted by atomic mass is 10.0. The Morgan fingerprint density at radius 1 is 1.31 bits per heavy atom. The predicted molar refractivity (Wildman–Crippen MR) is 48.4 cm³/mol. The zero-order valence-electron chi connectivity index (χ0n) is 7.31. The first-order valence-electron chi connectivity index (χ1n) is 3.98. The van der Waals surface area contributed by atoms with Crippen molar-refractivity contribution >= 4 is 0 Å². The van der Waals surface area contributed by atoms with Crippen LogP contribution < -0.4 is 5.73 Å². The molecule has 5 N–H and O–H groups in total. The zero-order chi connectivity index (χ0) is 10.0. The lowest BCUT2D eigenvalue weighted by molar-refractivity contribution is 0.162. The van der Waals surface area contributed by atoms with Gasteiger partial charge >= 0.3 is 0 Å². The summed E-state index contributed by atoms with van der Waals surface area (Å²) in [5.74, 6) is -0.132. The molecule has 1 aromatic carbocycles. The fourth-order valence-electron chi connectivity index (χ4n) is 1.07. The fourth-order valence-corrected chi connectivity index (χ4v) is 1.07. The quantitative estimate of drug-likeness (QED) is 0.537. The van der Waals surface area contributed by atoms with Gasteiger partial charge in [-0.25, -0.2) is 0 Å². The Morgan fingerprint density at radius 3 is 2.38 bits per heavy atom. The topological polar surface area (TPSA) is 86.7 Å². The van der Waals surface area contributed by atoms with Gasteiger partial charge in [0.05, 0.1) is 12.1 Å². The lowest BCUT2D eigenvalue weighted by Gasteiger charge is -2.16. The molecule has 0 aliphatic rings. The van der Waals surface area contributed by atoms with Crippen molar-refractivity contribution < 1.29 is 15.3 Å². The number of phenolic OH excluding ortho intramolecular Hbond substituents is 2. The van der Waals surface area contributed by atoms with Gasteiger partial charge in [0, 0.05) is 11.6 Å². The number of benzene rings is 1. The average molecular weight is 183 g/mol. The van der Waals surface area contributed by atoms with Crippen LogP contribution in [0.5, 0.6) is 11.5 Å². The third-order valence-corrected chi connectivity index (χ3v) is 1.89. The molecule has 0 saturated heterocycles. The summed E-state index contributed by atoms with van der Waals surface area (Å²) in [5.41, 5.74) is 6.02. The largest absolute Gasteiger partial charge is 0.508 e. The normalized spacial score (nSPS) is 15.3. The van der Waals surface area contributed by atoms with E-state index in [2.05, 4.69) is 0 Å². The first-order valence-corrected chi connectivity index (χ1v) is 3.98. The summed E-state index contributed by atoms with van der Waals surface area (Å²) in [5, 5.41) is 27.5. The van der Waals surface area contributed by atoms with Crippen LogP contribution in [0.25, 0.3) is 0 Å². The summed E-state index contributed by atoms with van der Waals surface area (Å²) < 4.78 is 0. The first-order chi connectivity index (χ1) is 6.02. The molecule has 0 fully saturated rings. The lowest BCUT2D eigenvalue weighted by Crippen LogP contribution is -2.23. The minimum absolute atomic E-state index is 0.0287. The molecule has 0 radical (unpaired) electrons. The SMILES string of the molecule is C[C@H](O)[C@H](N)c1ccc(O)cc1O. The maximum absolute atomic E-state index is 9.36. The Hall–Kier alpha value is -1.26. The Balaban J connectivity index is 3.01. The molecule has 0 unspecified atom stereocenters. The Kier molecular flexibility index (Phi) is 2.75. The Bertz CT molecular complexity index is 299. The van der Waals surface area contributed by atoms with Crippen molar-refractivity contribution in [1.29, 1.82) is 0 Å². The maximum atomic E-state index is 9.36. The zero-order valence-corrected chi connectivity index (χ0v) is 7.31. The smallest absolute Gasteiger partial charge is 0.124 e. The van der Waals surface area contributed by atoms with Gasteiger partial charge in [-0.15, -0.1) is 0 Å². The third kappa shape index (κ3) is 2.11. The van der Waals surface area contributed by atoms with Gasteiger partial charge in [-0.1, -0.05) is 0 Å². The van der Waals surface area contributed by atoms with Gasteiger partial charge in [0.2, 0.25) is 0 Å². The number of nitrogens with two attached hydrogens (primary N) is 1. The van der Waals surface area contributed by atoms with Crippen LogP contribution >= 0.6 is 0 Å². The second-order valence-electron chi connectivity index (χ2n) is 3.01. The standard InChI is InChI=1S/C9H13NO3/c1-5(11)9(10)7-3-2-6(12)4-8(7)13/h2-5,9,11-13H,10H2,1H3/t5-,9-/m0/s1. The highest BCUT2D eigenvalue weighted by Gasteiger charge is 2.15. The molecule has 0 aliphatic carbocycles. The van der Waals surface area contributed by atoms with Crippen molar-refractivity contribution in [2.24, 2.45) is 5.73 Å². The molecule has 0 aliphatic heterocycles. The molecule has 72 valence electrons. The number of rotatable bonds is 2. The minimum Gasteiger partial charge on any atom is -0.508 e. The Labute approximate surface area is 76.2 Å². The highest BCUT2D eigenvalue weighted by Crippen LogP contribution is 2.28. The first kappa shape index (κ1) is 9.83. The van der Waals surface area contributed by atoms with E-state index in [-0.39, 0.29) is 11.5 Å². The second-order valence-corrected chi connectivity index (χ2v) is 3.01. The van der Waals surface area contributed by atoms with Crippen LogP contribution in [0, 0.1) is 0 Å². The van der Waals surface area contributed by atoms with Crippen LogP contribution in [0.1, 0.15) is 18.5 Å². The summed E-state index contributed by atoms with van der Waals surface area (Å²) in [6, 6.07) is 3.46. The second kappa shape index (κ2) is 3.64.